The van der Waals surface area contributed by atoms with Crippen molar-refractivity contribution in [3.8, 4) is 17.1 Å². The predicted octanol–water partition coefficient (Wildman–Crippen LogP) is 1.89. The zero-order chi connectivity index (χ0) is 39.1. The number of aliphatic hydroxyl groups is 3. The van der Waals surface area contributed by atoms with E-state index in [1.165, 1.54) is 5.56 Å². The van der Waals surface area contributed by atoms with Gasteiger partial charge in [0, 0.05) is 73.8 Å². The minimum atomic E-state index is -1.37. The average molecular weight is 753 g/mol. The second kappa shape index (κ2) is 17.5. The van der Waals surface area contributed by atoms with Gasteiger partial charge in [0.2, 0.25) is 11.8 Å². The molecule has 7 rings (SSSR count). The van der Waals surface area contributed by atoms with E-state index in [-0.39, 0.29) is 11.6 Å². The minimum Gasteiger partial charge on any atom is -0.493 e. The van der Waals surface area contributed by atoms with Crippen LogP contribution < -0.4 is 16.4 Å². The Morgan fingerprint density at radius 2 is 1.75 bits per heavy atom. The van der Waals surface area contributed by atoms with Gasteiger partial charge in [0.15, 0.2) is 11.9 Å². The summed E-state index contributed by atoms with van der Waals surface area (Å²) in [6, 6.07) is 19.3. The number of anilines is 3. The monoisotopic (exact) mass is 752 g/mol. The van der Waals surface area contributed by atoms with E-state index in [1.807, 2.05) is 67.6 Å². The van der Waals surface area contributed by atoms with Gasteiger partial charge < -0.3 is 46.4 Å². The molecule has 17 nitrogen and oxygen atoms in total. The molecule has 2 aliphatic heterocycles. The quantitative estimate of drug-likeness (QED) is 0.108. The normalized spacial score (nSPS) is 20.0. The van der Waals surface area contributed by atoms with Crippen LogP contribution in [0.1, 0.15) is 38.2 Å². The molecule has 2 fully saturated rings. The van der Waals surface area contributed by atoms with Crippen LogP contribution in [0.2, 0.25) is 0 Å². The number of carbonyl (C=O) groups is 2. The molecule has 2 aromatic carbocycles. The topological polar surface area (TPSA) is 237 Å². The molecule has 2 amide bonds. The van der Waals surface area contributed by atoms with Crippen molar-refractivity contribution < 1.29 is 34.8 Å². The number of primary amides is 1. The molecule has 0 aliphatic carbocycles. The Bertz CT molecular complexity index is 2070. The number of hydrogen-bond donors (Lipinski definition) is 7. The molecule has 2 aliphatic rings. The number of nitrogens with two attached hydrogens (primary N) is 1. The first-order chi connectivity index (χ1) is 26.5. The van der Waals surface area contributed by atoms with Crippen LogP contribution in [0, 0.1) is 6.92 Å². The van der Waals surface area contributed by atoms with E-state index in [2.05, 4.69) is 47.4 Å². The highest BCUT2D eigenvalue weighted by Crippen LogP contribution is 2.33. The third-order valence-corrected chi connectivity index (χ3v) is 9.37. The molecular weight excluding hydrogens is 708 g/mol. The van der Waals surface area contributed by atoms with Crippen molar-refractivity contribution >= 4 is 29.1 Å². The minimum absolute atomic E-state index is 0.143. The van der Waals surface area contributed by atoms with Crippen molar-refractivity contribution in [1.29, 1.82) is 0 Å². The SMILES string of the molecule is Cc1ccc(NC(=O)c2ccc(CN3CCN(C)CC3)cc2)cc1Nc1nccc(-c2cccnc2)n1.NC(=O)c1ncn([C@@H]2O[C@H](CO)[C@@H](O)[C@H]2O)c1O. The third kappa shape index (κ3) is 9.47. The molecule has 2 saturated heterocycles. The molecule has 5 aromatic rings. The Morgan fingerprint density at radius 1 is 0.982 bits per heavy atom. The number of nitrogens with zero attached hydrogens (tertiary/aromatic N) is 7. The van der Waals surface area contributed by atoms with Crippen LogP contribution in [0.4, 0.5) is 17.3 Å². The van der Waals surface area contributed by atoms with Gasteiger partial charge in [-0.15, -0.1) is 0 Å². The summed E-state index contributed by atoms with van der Waals surface area (Å²) in [7, 11) is 2.16. The second-order valence-electron chi connectivity index (χ2n) is 13.3. The van der Waals surface area contributed by atoms with Gasteiger partial charge in [0.25, 0.3) is 11.8 Å². The molecule has 5 heterocycles. The maximum absolute atomic E-state index is 12.9. The van der Waals surface area contributed by atoms with E-state index in [0.29, 0.717) is 17.2 Å². The summed E-state index contributed by atoms with van der Waals surface area (Å²) in [5, 5.41) is 44.2. The molecule has 4 atom stereocenters. The van der Waals surface area contributed by atoms with Crippen LogP contribution in [0.15, 0.2) is 85.6 Å². The van der Waals surface area contributed by atoms with Gasteiger partial charge in [0.05, 0.1) is 12.3 Å². The van der Waals surface area contributed by atoms with Crippen LogP contribution in [-0.2, 0) is 11.3 Å². The maximum atomic E-state index is 12.9. The van der Waals surface area contributed by atoms with E-state index in [1.54, 1.807) is 18.6 Å². The number of ether oxygens (including phenoxy) is 1. The highest BCUT2D eigenvalue weighted by molar-refractivity contribution is 6.04. The molecule has 0 bridgehead atoms. The molecule has 3 aromatic heterocycles. The Morgan fingerprint density at radius 3 is 2.40 bits per heavy atom. The van der Waals surface area contributed by atoms with Gasteiger partial charge in [-0.25, -0.2) is 15.0 Å². The molecule has 17 heteroatoms. The number of aryl methyl sites for hydroxylation is 1. The fourth-order valence-corrected chi connectivity index (χ4v) is 6.10. The molecule has 0 unspecified atom stereocenters. The lowest BCUT2D eigenvalue weighted by atomic mass is 10.1. The molecule has 0 spiro atoms. The standard InChI is InChI=1S/C29H31N7O.C9H13N3O6/c1-21-5-10-25(18-27(21)34-29-31-13-11-26(33-29)24-4-3-12-30-19-24)32-28(37)23-8-6-22(7-9-23)20-36-16-14-35(2)15-17-36;10-7(16)4-8(17)12(2-11-4)9-6(15)5(14)3(1-13)18-9/h3-13,18-19H,14-17,20H2,1-2H3,(H,32,37)(H,31,33,34);2-3,5-6,9,13-15,17H,1H2,(H2,10,16)/t;3-,5-,6-,9-/m.1/s1. The number of aliphatic hydroxyl groups excluding tert-OH is 3. The number of rotatable bonds is 10. The number of benzene rings is 2. The summed E-state index contributed by atoms with van der Waals surface area (Å²) in [6.07, 6.45) is 1.45. The number of amides is 2. The maximum Gasteiger partial charge on any atom is 0.272 e. The zero-order valence-electron chi connectivity index (χ0n) is 30.4. The number of likely N-dealkylation sites (N-methyl/N-ethyl adjacent to an activating group) is 1. The van der Waals surface area contributed by atoms with Crippen LogP contribution in [-0.4, -0.2) is 125 Å². The molecule has 55 heavy (non-hydrogen) atoms. The Hall–Kier alpha value is -5.82. The van der Waals surface area contributed by atoms with Crippen LogP contribution in [0.5, 0.6) is 5.88 Å². The number of piperazine rings is 1. The van der Waals surface area contributed by atoms with Crippen molar-refractivity contribution in [3.63, 3.8) is 0 Å². The largest absolute Gasteiger partial charge is 0.493 e. The van der Waals surface area contributed by atoms with Crippen LogP contribution >= 0.6 is 0 Å². The number of nitrogens with one attached hydrogen (secondary N) is 2. The number of carbonyl (C=O) groups excluding carboxylic acids is 2. The summed E-state index contributed by atoms with van der Waals surface area (Å²) in [4.78, 5) is 45.3. The molecule has 8 N–H and O–H groups in total. The van der Waals surface area contributed by atoms with Crippen molar-refractivity contribution in [1.82, 2.24) is 34.3 Å². The Kier molecular flexibility index (Phi) is 12.4. The van der Waals surface area contributed by atoms with Gasteiger partial charge in [-0.3, -0.25) is 24.0 Å². The first kappa shape index (κ1) is 38.9. The highest BCUT2D eigenvalue weighted by Gasteiger charge is 2.44. The van der Waals surface area contributed by atoms with E-state index >= 15 is 0 Å². The zero-order valence-corrected chi connectivity index (χ0v) is 30.4. The summed E-state index contributed by atoms with van der Waals surface area (Å²) in [6.45, 7) is 6.74. The summed E-state index contributed by atoms with van der Waals surface area (Å²) in [5.41, 5.74) is 10.7. The Labute approximate surface area is 317 Å². The first-order valence-corrected chi connectivity index (χ1v) is 17.6. The number of aromatic hydroxyl groups is 1. The molecular formula is C38H44N10O7. The predicted molar refractivity (Wildman–Crippen MR) is 202 cm³/mol. The lowest BCUT2D eigenvalue weighted by molar-refractivity contribution is -0.0553. The van der Waals surface area contributed by atoms with Gasteiger partial charge in [-0.1, -0.05) is 18.2 Å². The van der Waals surface area contributed by atoms with E-state index < -0.39 is 42.9 Å². The lowest BCUT2D eigenvalue weighted by Gasteiger charge is -2.32. The lowest BCUT2D eigenvalue weighted by Crippen LogP contribution is -2.43. The molecule has 0 radical (unpaired) electrons. The van der Waals surface area contributed by atoms with Gasteiger partial charge in [0.1, 0.15) is 24.6 Å². The summed E-state index contributed by atoms with van der Waals surface area (Å²) >= 11 is 0. The fourth-order valence-electron chi connectivity index (χ4n) is 6.10. The molecule has 0 saturated carbocycles. The van der Waals surface area contributed by atoms with Gasteiger partial charge in [-0.05, 0) is 67.6 Å². The first-order valence-electron chi connectivity index (χ1n) is 17.6. The van der Waals surface area contributed by atoms with E-state index in [4.69, 9.17) is 15.6 Å². The molecule has 288 valence electrons. The number of hydrogen-bond acceptors (Lipinski definition) is 14. The summed E-state index contributed by atoms with van der Waals surface area (Å²) < 4.78 is 6.12. The fraction of sp³-hybridized carbons (Fsp3) is 0.316. The number of aromatic nitrogens is 5. The average Bonchev–Trinajstić information content (AvgIpc) is 3.72. The summed E-state index contributed by atoms with van der Waals surface area (Å²) in [5.74, 6) is -1.17. The smallest absolute Gasteiger partial charge is 0.272 e. The second-order valence-corrected chi connectivity index (χ2v) is 13.3. The van der Waals surface area contributed by atoms with Gasteiger partial charge >= 0.3 is 0 Å². The van der Waals surface area contributed by atoms with Gasteiger partial charge in [-0.2, -0.15) is 0 Å². The third-order valence-electron chi connectivity index (χ3n) is 9.37. The van der Waals surface area contributed by atoms with Crippen molar-refractivity contribution in [2.24, 2.45) is 5.73 Å². The highest BCUT2D eigenvalue weighted by atomic mass is 16.6. The van der Waals surface area contributed by atoms with Crippen molar-refractivity contribution in [3.05, 3.63) is 108 Å². The Balaban J connectivity index is 0.000000239. The van der Waals surface area contributed by atoms with Crippen LogP contribution in [0.25, 0.3) is 11.3 Å². The van der Waals surface area contributed by atoms with E-state index in [9.17, 15) is 24.9 Å². The number of imidazole rings is 1. The number of pyridine rings is 1. The van der Waals surface area contributed by atoms with Crippen molar-refractivity contribution in [2.45, 2.75) is 38.0 Å². The van der Waals surface area contributed by atoms with Crippen molar-refractivity contribution in [2.75, 3.05) is 50.5 Å². The van der Waals surface area contributed by atoms with Crippen LogP contribution in [0.3, 0.4) is 0 Å². The van der Waals surface area contributed by atoms with E-state index in [0.717, 1.165) is 66.1 Å².